The molecule has 3 aromatic rings. The van der Waals surface area contributed by atoms with Gasteiger partial charge in [0.05, 0.1) is 5.52 Å². The molecule has 1 aromatic heterocycles. The standard InChI is InChI=1S/C19H18N2/c1-2-6-14(7-3-1)16-11-13-21-19(16)17-10-4-8-15-9-5-12-20-18(15)17/h1-10,12,16,19,21H,11,13H2. The van der Waals surface area contributed by atoms with Gasteiger partial charge in [-0.05, 0) is 30.2 Å². The van der Waals surface area contributed by atoms with Crippen LogP contribution in [0.1, 0.15) is 29.5 Å². The topological polar surface area (TPSA) is 24.9 Å². The van der Waals surface area contributed by atoms with Gasteiger partial charge in [0.25, 0.3) is 0 Å². The minimum absolute atomic E-state index is 0.353. The van der Waals surface area contributed by atoms with Crippen LogP contribution >= 0.6 is 0 Å². The number of para-hydroxylation sites is 1. The lowest BCUT2D eigenvalue weighted by atomic mass is 9.87. The van der Waals surface area contributed by atoms with Crippen LogP contribution in [0.2, 0.25) is 0 Å². The zero-order valence-corrected chi connectivity index (χ0v) is 11.9. The van der Waals surface area contributed by atoms with Crippen molar-refractivity contribution in [3.05, 3.63) is 78.0 Å². The summed E-state index contributed by atoms with van der Waals surface area (Å²) in [7, 11) is 0. The van der Waals surface area contributed by atoms with Gasteiger partial charge in [-0.3, -0.25) is 4.98 Å². The van der Waals surface area contributed by atoms with E-state index in [2.05, 4.69) is 64.9 Å². The first kappa shape index (κ1) is 12.5. The monoisotopic (exact) mass is 274 g/mol. The molecule has 0 bridgehead atoms. The van der Waals surface area contributed by atoms with Crippen molar-refractivity contribution in [1.82, 2.24) is 10.3 Å². The molecule has 2 heterocycles. The fourth-order valence-corrected chi connectivity index (χ4v) is 3.47. The summed E-state index contributed by atoms with van der Waals surface area (Å²) in [6.07, 6.45) is 3.07. The molecule has 1 saturated heterocycles. The molecule has 21 heavy (non-hydrogen) atoms. The fraction of sp³-hybridized carbons (Fsp3) is 0.211. The second-order valence-corrected chi connectivity index (χ2v) is 5.66. The molecule has 0 spiro atoms. The lowest BCUT2D eigenvalue weighted by Gasteiger charge is -2.21. The predicted octanol–water partition coefficient (Wildman–Crippen LogP) is 4.05. The Balaban J connectivity index is 1.81. The summed E-state index contributed by atoms with van der Waals surface area (Å²) >= 11 is 0. The van der Waals surface area contributed by atoms with Crippen molar-refractivity contribution < 1.29 is 0 Å². The highest BCUT2D eigenvalue weighted by Crippen LogP contribution is 2.39. The normalized spacial score (nSPS) is 21.7. The van der Waals surface area contributed by atoms with Gasteiger partial charge in [0.2, 0.25) is 0 Å². The Labute approximate surface area is 124 Å². The molecule has 0 amide bonds. The van der Waals surface area contributed by atoms with E-state index < -0.39 is 0 Å². The van der Waals surface area contributed by atoms with Gasteiger partial charge < -0.3 is 5.32 Å². The van der Waals surface area contributed by atoms with Gasteiger partial charge in [-0.15, -0.1) is 0 Å². The Morgan fingerprint density at radius 2 is 1.76 bits per heavy atom. The molecule has 1 N–H and O–H groups in total. The molecular weight excluding hydrogens is 256 g/mol. The molecular formula is C19H18N2. The Kier molecular flexibility index (Phi) is 3.17. The highest BCUT2D eigenvalue weighted by atomic mass is 15.0. The molecule has 104 valence electrons. The third-order valence-electron chi connectivity index (χ3n) is 4.45. The van der Waals surface area contributed by atoms with Gasteiger partial charge in [-0.1, -0.05) is 54.6 Å². The van der Waals surface area contributed by atoms with Gasteiger partial charge in [-0.2, -0.15) is 0 Å². The maximum Gasteiger partial charge on any atom is 0.0749 e. The Bertz CT molecular complexity index is 746. The van der Waals surface area contributed by atoms with E-state index in [1.54, 1.807) is 0 Å². The van der Waals surface area contributed by atoms with Crippen LogP contribution in [-0.4, -0.2) is 11.5 Å². The Morgan fingerprint density at radius 3 is 2.67 bits per heavy atom. The maximum absolute atomic E-state index is 4.61. The summed E-state index contributed by atoms with van der Waals surface area (Å²) in [6.45, 7) is 1.06. The van der Waals surface area contributed by atoms with E-state index in [-0.39, 0.29) is 0 Å². The van der Waals surface area contributed by atoms with Crippen molar-refractivity contribution in [2.24, 2.45) is 0 Å². The summed E-state index contributed by atoms with van der Waals surface area (Å²) < 4.78 is 0. The SMILES string of the molecule is c1ccc(C2CCNC2c2cccc3cccnc23)cc1. The van der Waals surface area contributed by atoms with E-state index in [9.17, 15) is 0 Å². The predicted molar refractivity (Wildman–Crippen MR) is 86.3 cm³/mol. The van der Waals surface area contributed by atoms with Gasteiger partial charge in [-0.25, -0.2) is 0 Å². The van der Waals surface area contributed by atoms with E-state index in [0.29, 0.717) is 12.0 Å². The van der Waals surface area contributed by atoms with Gasteiger partial charge >= 0.3 is 0 Å². The van der Waals surface area contributed by atoms with Crippen molar-refractivity contribution in [1.29, 1.82) is 0 Å². The number of nitrogens with zero attached hydrogens (tertiary/aromatic N) is 1. The van der Waals surface area contributed by atoms with Crippen LogP contribution in [0.4, 0.5) is 0 Å². The smallest absolute Gasteiger partial charge is 0.0749 e. The lowest BCUT2D eigenvalue weighted by Crippen LogP contribution is -2.17. The number of hydrogen-bond acceptors (Lipinski definition) is 2. The van der Waals surface area contributed by atoms with E-state index in [4.69, 9.17) is 0 Å². The second-order valence-electron chi connectivity index (χ2n) is 5.66. The molecule has 2 nitrogen and oxygen atoms in total. The Hall–Kier alpha value is -2.19. The van der Waals surface area contributed by atoms with E-state index in [1.807, 2.05) is 12.3 Å². The van der Waals surface area contributed by atoms with Crippen LogP contribution in [0.3, 0.4) is 0 Å². The first-order chi connectivity index (χ1) is 10.4. The van der Waals surface area contributed by atoms with Gasteiger partial charge in [0.15, 0.2) is 0 Å². The molecule has 2 aromatic carbocycles. The summed E-state index contributed by atoms with van der Waals surface area (Å²) in [5.74, 6) is 0.527. The number of nitrogens with one attached hydrogen (secondary N) is 1. The van der Waals surface area contributed by atoms with Crippen molar-refractivity contribution >= 4 is 10.9 Å². The summed E-state index contributed by atoms with van der Waals surface area (Å²) in [5.41, 5.74) is 3.86. The summed E-state index contributed by atoms with van der Waals surface area (Å²) in [6, 6.07) is 21.8. The molecule has 0 radical (unpaired) electrons. The van der Waals surface area contributed by atoms with E-state index in [1.165, 1.54) is 22.9 Å². The van der Waals surface area contributed by atoms with E-state index >= 15 is 0 Å². The number of pyridine rings is 1. The Morgan fingerprint density at radius 1 is 0.905 bits per heavy atom. The first-order valence-corrected chi connectivity index (χ1v) is 7.55. The zero-order valence-electron chi connectivity index (χ0n) is 11.9. The number of benzene rings is 2. The molecule has 2 atom stereocenters. The van der Waals surface area contributed by atoms with Crippen LogP contribution < -0.4 is 5.32 Å². The van der Waals surface area contributed by atoms with Crippen molar-refractivity contribution in [2.75, 3.05) is 6.54 Å². The largest absolute Gasteiger partial charge is 0.309 e. The van der Waals surface area contributed by atoms with Crippen molar-refractivity contribution in [2.45, 2.75) is 18.4 Å². The second kappa shape index (κ2) is 5.30. The quantitative estimate of drug-likeness (QED) is 0.762. The molecule has 1 fully saturated rings. The number of aromatic nitrogens is 1. The van der Waals surface area contributed by atoms with Crippen LogP contribution in [0.25, 0.3) is 10.9 Å². The maximum atomic E-state index is 4.61. The van der Waals surface area contributed by atoms with Crippen molar-refractivity contribution in [3.8, 4) is 0 Å². The van der Waals surface area contributed by atoms with Gasteiger partial charge in [0.1, 0.15) is 0 Å². The molecule has 4 rings (SSSR count). The van der Waals surface area contributed by atoms with E-state index in [0.717, 1.165) is 12.1 Å². The third kappa shape index (κ3) is 2.22. The van der Waals surface area contributed by atoms with Crippen LogP contribution in [0, 0.1) is 0 Å². The number of hydrogen-bond donors (Lipinski definition) is 1. The van der Waals surface area contributed by atoms with Crippen LogP contribution in [0.15, 0.2) is 66.9 Å². The highest BCUT2D eigenvalue weighted by Gasteiger charge is 2.30. The lowest BCUT2D eigenvalue weighted by molar-refractivity contribution is 0.581. The first-order valence-electron chi connectivity index (χ1n) is 7.55. The molecule has 0 saturated carbocycles. The molecule has 2 unspecified atom stereocenters. The molecule has 0 aliphatic carbocycles. The van der Waals surface area contributed by atoms with Crippen LogP contribution in [0.5, 0.6) is 0 Å². The van der Waals surface area contributed by atoms with Crippen LogP contribution in [-0.2, 0) is 0 Å². The minimum Gasteiger partial charge on any atom is -0.309 e. The number of fused-ring (bicyclic) bond motifs is 1. The highest BCUT2D eigenvalue weighted by molar-refractivity contribution is 5.82. The average molecular weight is 274 g/mol. The summed E-state index contributed by atoms with van der Waals surface area (Å²) in [4.78, 5) is 4.61. The third-order valence-corrected chi connectivity index (χ3v) is 4.45. The molecule has 2 heteroatoms. The molecule has 1 aliphatic rings. The van der Waals surface area contributed by atoms with Gasteiger partial charge in [0, 0.05) is 23.5 Å². The fourth-order valence-electron chi connectivity index (χ4n) is 3.47. The molecule has 1 aliphatic heterocycles. The minimum atomic E-state index is 0.353. The summed E-state index contributed by atoms with van der Waals surface area (Å²) in [5, 5.41) is 4.89. The number of rotatable bonds is 2. The van der Waals surface area contributed by atoms with Crippen molar-refractivity contribution in [3.63, 3.8) is 0 Å². The average Bonchev–Trinajstić information content (AvgIpc) is 3.04. The zero-order chi connectivity index (χ0) is 14.1.